The Morgan fingerprint density at radius 2 is 1.82 bits per heavy atom. The first kappa shape index (κ1) is 23.3. The average molecular weight is 512 g/mol. The normalized spacial score (nSPS) is 17.7. The van der Waals surface area contributed by atoms with E-state index in [4.69, 9.17) is 9.15 Å². The predicted octanol–water partition coefficient (Wildman–Crippen LogP) is 7.03. The van der Waals surface area contributed by atoms with Crippen LogP contribution >= 0.6 is 0 Å². The van der Waals surface area contributed by atoms with Gasteiger partial charge < -0.3 is 24.4 Å². The van der Waals surface area contributed by atoms with Crippen molar-refractivity contribution in [2.24, 2.45) is 0 Å². The van der Waals surface area contributed by atoms with E-state index in [0.29, 0.717) is 30.5 Å². The molecule has 3 aliphatic rings. The summed E-state index contributed by atoms with van der Waals surface area (Å²) in [5, 5.41) is 16.0. The van der Waals surface area contributed by atoms with Gasteiger partial charge in [0.2, 0.25) is 5.89 Å². The van der Waals surface area contributed by atoms with Gasteiger partial charge in [-0.2, -0.15) is 0 Å². The summed E-state index contributed by atoms with van der Waals surface area (Å²) in [4.78, 5) is 12.4. The Balaban J connectivity index is 1.33. The first-order chi connectivity index (χ1) is 18.7. The van der Waals surface area contributed by atoms with Crippen LogP contribution in [0.15, 0.2) is 46.9 Å². The molecule has 7 rings (SSSR count). The zero-order chi connectivity index (χ0) is 25.6. The summed E-state index contributed by atoms with van der Waals surface area (Å²) in [6.45, 7) is 2.62. The van der Waals surface area contributed by atoms with Gasteiger partial charge in [0.25, 0.3) is 5.89 Å². The molecular weight excluding hydrogens is 478 g/mol. The third-order valence-corrected chi connectivity index (χ3v) is 8.16. The van der Waals surface area contributed by atoms with Crippen LogP contribution in [0.5, 0.6) is 5.75 Å². The van der Waals surface area contributed by atoms with E-state index in [0.717, 1.165) is 83.6 Å². The molecule has 8 heteroatoms. The van der Waals surface area contributed by atoms with Crippen LogP contribution in [0.2, 0.25) is 0 Å². The van der Waals surface area contributed by atoms with E-state index in [9.17, 15) is 4.79 Å². The molecule has 3 aliphatic carbocycles. The quantitative estimate of drug-likeness (QED) is 0.265. The number of nitrogens with one attached hydrogen (secondary N) is 2. The number of carbonyl (C=O) groups is 1. The Hall–Kier alpha value is -3.81. The Labute approximate surface area is 221 Å². The number of urea groups is 1. The molecule has 2 aromatic heterocycles. The molecule has 2 amide bonds. The van der Waals surface area contributed by atoms with E-state index in [2.05, 4.69) is 49.7 Å². The molecule has 0 unspecified atom stereocenters. The number of amides is 2. The molecule has 0 radical (unpaired) electrons. The Morgan fingerprint density at radius 1 is 1.03 bits per heavy atom. The van der Waals surface area contributed by atoms with Crippen LogP contribution in [-0.4, -0.2) is 33.4 Å². The number of ether oxygens (including phenoxy) is 1. The molecule has 0 aliphatic heterocycles. The summed E-state index contributed by atoms with van der Waals surface area (Å²) >= 11 is 0. The number of aromatic nitrogens is 3. The van der Waals surface area contributed by atoms with E-state index in [1.807, 2.05) is 25.1 Å². The van der Waals surface area contributed by atoms with Crippen molar-refractivity contribution in [3.63, 3.8) is 0 Å². The van der Waals surface area contributed by atoms with E-state index < -0.39 is 0 Å². The first-order valence-corrected chi connectivity index (χ1v) is 14.0. The van der Waals surface area contributed by atoms with Crippen LogP contribution in [-0.2, 0) is 0 Å². The summed E-state index contributed by atoms with van der Waals surface area (Å²) in [6, 6.07) is 14.9. The minimum atomic E-state index is -0.145. The largest absolute Gasteiger partial charge is 0.494 e. The zero-order valence-corrected chi connectivity index (χ0v) is 21.7. The molecule has 8 nitrogen and oxygen atoms in total. The van der Waals surface area contributed by atoms with Gasteiger partial charge in [0.1, 0.15) is 5.75 Å². The standard InChI is InChI=1S/C30H33N5O3/c1-2-37-23-15-16-24-25(17-23)35(22-7-4-8-22)27(26(24)29-34-33-28(38-29)19-9-10-19)18-11-13-21(14-12-18)32-30(36)31-20-5-3-6-20/h11-17,19-20,22H,2-10H2,1H3,(H2,31,32,36). The molecule has 3 fully saturated rings. The van der Waals surface area contributed by atoms with Gasteiger partial charge in [0.15, 0.2) is 0 Å². The maximum absolute atomic E-state index is 12.4. The Morgan fingerprint density at radius 3 is 2.47 bits per heavy atom. The minimum absolute atomic E-state index is 0.145. The van der Waals surface area contributed by atoms with Crippen LogP contribution in [0, 0.1) is 0 Å². The minimum Gasteiger partial charge on any atom is -0.494 e. The average Bonchev–Trinajstić information content (AvgIpc) is 3.52. The number of rotatable bonds is 8. The predicted molar refractivity (Wildman–Crippen MR) is 146 cm³/mol. The number of anilines is 1. The molecule has 0 spiro atoms. The molecule has 196 valence electrons. The highest BCUT2D eigenvalue weighted by Gasteiger charge is 2.33. The number of carbonyl (C=O) groups excluding carboxylic acids is 1. The fraction of sp³-hybridized carbons (Fsp3) is 0.433. The van der Waals surface area contributed by atoms with Crippen molar-refractivity contribution in [2.45, 2.75) is 76.3 Å². The second-order valence-electron chi connectivity index (χ2n) is 10.8. The lowest BCUT2D eigenvalue weighted by Gasteiger charge is -2.30. The van der Waals surface area contributed by atoms with Crippen molar-refractivity contribution in [2.75, 3.05) is 11.9 Å². The van der Waals surface area contributed by atoms with E-state index in [1.165, 1.54) is 12.8 Å². The number of hydrogen-bond acceptors (Lipinski definition) is 5. The molecule has 2 aromatic carbocycles. The topological polar surface area (TPSA) is 94.2 Å². The van der Waals surface area contributed by atoms with Gasteiger partial charge >= 0.3 is 6.03 Å². The summed E-state index contributed by atoms with van der Waals surface area (Å²) in [6.07, 6.45) is 9.01. The Bertz CT molecular complexity index is 1480. The van der Waals surface area contributed by atoms with Gasteiger partial charge in [0, 0.05) is 35.1 Å². The molecular formula is C30H33N5O3. The van der Waals surface area contributed by atoms with Gasteiger partial charge in [0.05, 0.1) is 23.4 Å². The highest BCUT2D eigenvalue weighted by atomic mass is 16.5. The monoisotopic (exact) mass is 511 g/mol. The maximum atomic E-state index is 12.4. The molecule has 3 saturated carbocycles. The van der Waals surface area contributed by atoms with Crippen LogP contribution in [0.3, 0.4) is 0 Å². The lowest BCUT2D eigenvalue weighted by atomic mass is 9.92. The van der Waals surface area contributed by atoms with Gasteiger partial charge in [-0.05, 0) is 88.1 Å². The number of nitrogens with zero attached hydrogens (tertiary/aromatic N) is 3. The van der Waals surface area contributed by atoms with E-state index in [-0.39, 0.29) is 6.03 Å². The summed E-state index contributed by atoms with van der Waals surface area (Å²) < 4.78 is 14.6. The van der Waals surface area contributed by atoms with Gasteiger partial charge in [-0.15, -0.1) is 10.2 Å². The van der Waals surface area contributed by atoms with Crippen LogP contribution < -0.4 is 15.4 Å². The summed E-state index contributed by atoms with van der Waals surface area (Å²) in [7, 11) is 0. The van der Waals surface area contributed by atoms with E-state index >= 15 is 0 Å². The van der Waals surface area contributed by atoms with Crippen molar-refractivity contribution in [3.8, 4) is 28.5 Å². The highest BCUT2D eigenvalue weighted by molar-refractivity contribution is 6.03. The van der Waals surface area contributed by atoms with Crippen LogP contribution in [0.4, 0.5) is 10.5 Å². The SMILES string of the molecule is CCOc1ccc2c(-c3nnc(C4CC4)o3)c(-c3ccc(NC(=O)NC4CCC4)cc3)n(C3CCC3)c2c1. The smallest absolute Gasteiger partial charge is 0.319 e. The molecule has 2 N–H and O–H groups in total. The molecule has 0 atom stereocenters. The fourth-order valence-electron chi connectivity index (χ4n) is 5.52. The number of fused-ring (bicyclic) bond motifs is 1. The van der Waals surface area contributed by atoms with Gasteiger partial charge in [-0.3, -0.25) is 0 Å². The van der Waals surface area contributed by atoms with Gasteiger partial charge in [-0.25, -0.2) is 4.79 Å². The van der Waals surface area contributed by atoms with Crippen molar-refractivity contribution < 1.29 is 13.9 Å². The molecule has 0 bridgehead atoms. The summed E-state index contributed by atoms with van der Waals surface area (Å²) in [5.74, 6) is 2.55. The lowest BCUT2D eigenvalue weighted by molar-refractivity contribution is 0.240. The van der Waals surface area contributed by atoms with Crippen LogP contribution in [0.25, 0.3) is 33.6 Å². The molecule has 0 saturated heterocycles. The summed E-state index contributed by atoms with van der Waals surface area (Å²) in [5.41, 5.74) is 4.99. The van der Waals surface area contributed by atoms with Gasteiger partial charge in [-0.1, -0.05) is 12.1 Å². The third kappa shape index (κ3) is 4.22. The highest BCUT2D eigenvalue weighted by Crippen LogP contribution is 2.48. The zero-order valence-electron chi connectivity index (χ0n) is 21.7. The number of benzene rings is 2. The first-order valence-electron chi connectivity index (χ1n) is 14.0. The Kier molecular flexibility index (Phi) is 5.82. The second kappa shape index (κ2) is 9.49. The van der Waals surface area contributed by atoms with Crippen molar-refractivity contribution >= 4 is 22.6 Å². The third-order valence-electron chi connectivity index (χ3n) is 8.16. The van der Waals surface area contributed by atoms with Crippen molar-refractivity contribution in [1.29, 1.82) is 0 Å². The van der Waals surface area contributed by atoms with Crippen LogP contribution in [0.1, 0.15) is 76.1 Å². The van der Waals surface area contributed by atoms with Crippen molar-refractivity contribution in [1.82, 2.24) is 20.1 Å². The molecule has 4 aromatic rings. The van der Waals surface area contributed by atoms with E-state index in [1.54, 1.807) is 0 Å². The lowest BCUT2D eigenvalue weighted by Crippen LogP contribution is -2.41. The van der Waals surface area contributed by atoms with Crippen molar-refractivity contribution in [3.05, 3.63) is 48.4 Å². The maximum Gasteiger partial charge on any atom is 0.319 e. The second-order valence-corrected chi connectivity index (χ2v) is 10.8. The number of hydrogen-bond donors (Lipinski definition) is 2. The molecule has 2 heterocycles. The molecule has 38 heavy (non-hydrogen) atoms. The fourth-order valence-corrected chi connectivity index (χ4v) is 5.52.